The molecule has 0 saturated carbocycles. The van der Waals surface area contributed by atoms with Gasteiger partial charge in [0.15, 0.2) is 0 Å². The Morgan fingerprint density at radius 2 is 2.00 bits per heavy atom. The van der Waals surface area contributed by atoms with E-state index in [1.807, 2.05) is 0 Å². The van der Waals surface area contributed by atoms with Crippen molar-refractivity contribution in [1.82, 2.24) is 5.32 Å². The molecular weight excluding hydrogens is 266 g/mol. The van der Waals surface area contributed by atoms with Crippen LogP contribution in [0.3, 0.4) is 0 Å². The van der Waals surface area contributed by atoms with Gasteiger partial charge in [0.25, 0.3) is 0 Å². The van der Waals surface area contributed by atoms with Crippen LogP contribution in [0.5, 0.6) is 5.75 Å². The summed E-state index contributed by atoms with van der Waals surface area (Å²) < 4.78 is 7.17. The summed E-state index contributed by atoms with van der Waals surface area (Å²) in [4.78, 5) is 0. The average molecular weight is 284 g/mol. The molecule has 1 aliphatic rings. The zero-order valence-corrected chi connectivity index (χ0v) is 11.4. The monoisotopic (exact) mass is 283 g/mol. The lowest BCUT2D eigenvalue weighted by Crippen LogP contribution is -2.37. The highest BCUT2D eigenvalue weighted by Crippen LogP contribution is 2.27. The standard InChI is InChI=1S/C13H18BrNO/c1-9-6-12(7-10(2)13(9)14)16-11-4-3-5-15-8-11/h6-7,11,15H,3-5,8H2,1-2H3/t11-/m1/s1. The van der Waals surface area contributed by atoms with Crippen LogP contribution in [0.1, 0.15) is 24.0 Å². The number of hydrogen-bond donors (Lipinski definition) is 1. The Labute approximate surface area is 106 Å². The first-order chi connectivity index (χ1) is 7.66. The number of piperidine rings is 1. The second kappa shape index (κ2) is 5.19. The largest absolute Gasteiger partial charge is 0.489 e. The maximum Gasteiger partial charge on any atom is 0.120 e. The summed E-state index contributed by atoms with van der Waals surface area (Å²) in [6.45, 7) is 6.29. The Bertz CT molecular complexity index is 349. The van der Waals surface area contributed by atoms with Crippen molar-refractivity contribution in [3.8, 4) is 5.75 Å². The van der Waals surface area contributed by atoms with Gasteiger partial charge in [-0.25, -0.2) is 0 Å². The summed E-state index contributed by atoms with van der Waals surface area (Å²) in [5, 5.41) is 3.36. The number of halogens is 1. The number of aryl methyl sites for hydroxylation is 2. The van der Waals surface area contributed by atoms with Crippen LogP contribution in [0.25, 0.3) is 0 Å². The minimum atomic E-state index is 0.328. The van der Waals surface area contributed by atoms with Gasteiger partial charge in [-0.15, -0.1) is 0 Å². The molecule has 1 aromatic carbocycles. The van der Waals surface area contributed by atoms with Crippen LogP contribution in [-0.2, 0) is 0 Å². The first-order valence-corrected chi connectivity index (χ1v) is 6.60. The first-order valence-electron chi connectivity index (χ1n) is 5.81. The molecule has 0 radical (unpaired) electrons. The van der Waals surface area contributed by atoms with Gasteiger partial charge in [-0.3, -0.25) is 0 Å². The highest BCUT2D eigenvalue weighted by molar-refractivity contribution is 9.10. The molecule has 1 aliphatic heterocycles. The minimum absolute atomic E-state index is 0.328. The zero-order valence-electron chi connectivity index (χ0n) is 9.85. The predicted octanol–water partition coefficient (Wildman–Crippen LogP) is 3.20. The molecule has 1 heterocycles. The second-order valence-corrected chi connectivity index (χ2v) is 5.25. The van der Waals surface area contributed by atoms with Crippen molar-refractivity contribution in [2.45, 2.75) is 32.8 Å². The maximum absolute atomic E-state index is 5.99. The number of ether oxygens (including phenoxy) is 1. The van der Waals surface area contributed by atoms with E-state index in [9.17, 15) is 0 Å². The summed E-state index contributed by atoms with van der Waals surface area (Å²) in [6, 6.07) is 4.21. The van der Waals surface area contributed by atoms with Crippen molar-refractivity contribution >= 4 is 15.9 Å². The smallest absolute Gasteiger partial charge is 0.120 e. The van der Waals surface area contributed by atoms with Crippen LogP contribution in [0, 0.1) is 13.8 Å². The summed E-state index contributed by atoms with van der Waals surface area (Å²) in [6.07, 6.45) is 2.69. The molecule has 0 unspecified atom stereocenters. The molecule has 1 N–H and O–H groups in total. The Balaban J connectivity index is 2.09. The number of benzene rings is 1. The van der Waals surface area contributed by atoms with Crippen LogP contribution in [0.2, 0.25) is 0 Å². The first kappa shape index (κ1) is 11.9. The molecule has 0 amide bonds. The fourth-order valence-corrected chi connectivity index (χ4v) is 2.32. The molecule has 1 saturated heterocycles. The fourth-order valence-electron chi connectivity index (χ4n) is 2.09. The van der Waals surface area contributed by atoms with Gasteiger partial charge in [0.05, 0.1) is 0 Å². The third kappa shape index (κ3) is 2.77. The average Bonchev–Trinajstić information content (AvgIpc) is 2.27. The van der Waals surface area contributed by atoms with Gasteiger partial charge >= 0.3 is 0 Å². The fraction of sp³-hybridized carbons (Fsp3) is 0.538. The number of rotatable bonds is 2. The van der Waals surface area contributed by atoms with Crippen LogP contribution < -0.4 is 10.1 Å². The van der Waals surface area contributed by atoms with E-state index in [4.69, 9.17) is 4.74 Å². The van der Waals surface area contributed by atoms with E-state index in [0.29, 0.717) is 6.10 Å². The van der Waals surface area contributed by atoms with E-state index in [1.165, 1.54) is 22.0 Å². The minimum Gasteiger partial charge on any atom is -0.489 e. The van der Waals surface area contributed by atoms with E-state index in [1.54, 1.807) is 0 Å². The summed E-state index contributed by atoms with van der Waals surface area (Å²) in [7, 11) is 0. The number of nitrogens with one attached hydrogen (secondary N) is 1. The molecule has 0 aliphatic carbocycles. The maximum atomic E-state index is 5.99. The lowest BCUT2D eigenvalue weighted by molar-refractivity contribution is 0.167. The molecule has 1 aromatic rings. The molecule has 0 bridgehead atoms. The lowest BCUT2D eigenvalue weighted by atomic mass is 10.1. The predicted molar refractivity (Wildman–Crippen MR) is 70.1 cm³/mol. The highest BCUT2D eigenvalue weighted by Gasteiger charge is 2.14. The Morgan fingerprint density at radius 3 is 2.56 bits per heavy atom. The molecule has 2 nitrogen and oxygen atoms in total. The van der Waals surface area contributed by atoms with E-state index in [0.717, 1.165) is 25.3 Å². The quantitative estimate of drug-likeness (QED) is 0.900. The molecule has 1 fully saturated rings. The molecule has 88 valence electrons. The van der Waals surface area contributed by atoms with E-state index < -0.39 is 0 Å². The van der Waals surface area contributed by atoms with Crippen molar-refractivity contribution in [2.75, 3.05) is 13.1 Å². The van der Waals surface area contributed by atoms with Crippen molar-refractivity contribution < 1.29 is 4.74 Å². The second-order valence-electron chi connectivity index (χ2n) is 4.46. The Morgan fingerprint density at radius 1 is 1.31 bits per heavy atom. The summed E-state index contributed by atoms with van der Waals surface area (Å²) in [5.74, 6) is 0.993. The van der Waals surface area contributed by atoms with Crippen LogP contribution in [0.15, 0.2) is 16.6 Å². The van der Waals surface area contributed by atoms with Crippen molar-refractivity contribution in [1.29, 1.82) is 0 Å². The van der Waals surface area contributed by atoms with Crippen LogP contribution in [0.4, 0.5) is 0 Å². The zero-order chi connectivity index (χ0) is 11.5. The van der Waals surface area contributed by atoms with Crippen molar-refractivity contribution in [3.05, 3.63) is 27.7 Å². The molecule has 0 aromatic heterocycles. The molecule has 3 heteroatoms. The topological polar surface area (TPSA) is 21.3 Å². The van der Waals surface area contributed by atoms with E-state index in [-0.39, 0.29) is 0 Å². The number of hydrogen-bond acceptors (Lipinski definition) is 2. The molecule has 16 heavy (non-hydrogen) atoms. The van der Waals surface area contributed by atoms with Gasteiger partial charge in [-0.05, 0) is 56.5 Å². The molecule has 1 atom stereocenters. The summed E-state index contributed by atoms with van der Waals surface area (Å²) in [5.41, 5.74) is 2.47. The van der Waals surface area contributed by atoms with Gasteiger partial charge in [0, 0.05) is 11.0 Å². The molecule has 0 spiro atoms. The Hall–Kier alpha value is -0.540. The normalized spacial score (nSPS) is 20.8. The molecule has 2 rings (SSSR count). The van der Waals surface area contributed by atoms with Crippen molar-refractivity contribution in [2.24, 2.45) is 0 Å². The van der Waals surface area contributed by atoms with E-state index >= 15 is 0 Å². The van der Waals surface area contributed by atoms with Gasteiger partial charge in [0.1, 0.15) is 11.9 Å². The SMILES string of the molecule is Cc1cc(O[C@@H]2CCCNC2)cc(C)c1Br. The van der Waals surface area contributed by atoms with Gasteiger partial charge in [-0.1, -0.05) is 15.9 Å². The van der Waals surface area contributed by atoms with Crippen LogP contribution >= 0.6 is 15.9 Å². The highest BCUT2D eigenvalue weighted by atomic mass is 79.9. The van der Waals surface area contributed by atoms with E-state index in [2.05, 4.69) is 47.2 Å². The van der Waals surface area contributed by atoms with Gasteiger partial charge in [0.2, 0.25) is 0 Å². The van der Waals surface area contributed by atoms with Gasteiger partial charge in [-0.2, -0.15) is 0 Å². The van der Waals surface area contributed by atoms with Gasteiger partial charge < -0.3 is 10.1 Å². The third-order valence-electron chi connectivity index (χ3n) is 2.96. The third-order valence-corrected chi connectivity index (χ3v) is 4.22. The molecular formula is C13H18BrNO. The van der Waals surface area contributed by atoms with Crippen molar-refractivity contribution in [3.63, 3.8) is 0 Å². The summed E-state index contributed by atoms with van der Waals surface area (Å²) >= 11 is 3.57. The lowest BCUT2D eigenvalue weighted by Gasteiger charge is -2.24. The van der Waals surface area contributed by atoms with Crippen LogP contribution in [-0.4, -0.2) is 19.2 Å². The Kier molecular flexibility index (Phi) is 3.87.